The SMILES string of the molecule is Cc1ccc2nc(CSCC(=O)Nc3ccc(F)cn3)cn2c1. The number of aryl methyl sites for hydroxylation is 1. The van der Waals surface area contributed by atoms with Gasteiger partial charge in [0.2, 0.25) is 5.91 Å². The van der Waals surface area contributed by atoms with Crippen LogP contribution in [0.5, 0.6) is 0 Å². The molecule has 0 radical (unpaired) electrons. The Balaban J connectivity index is 1.51. The zero-order valence-corrected chi connectivity index (χ0v) is 13.3. The van der Waals surface area contributed by atoms with Gasteiger partial charge in [0.25, 0.3) is 0 Å². The van der Waals surface area contributed by atoms with Gasteiger partial charge in [0, 0.05) is 18.1 Å². The molecule has 1 amide bonds. The number of rotatable bonds is 5. The van der Waals surface area contributed by atoms with Crippen LogP contribution < -0.4 is 5.32 Å². The molecule has 0 saturated carbocycles. The second-order valence-electron chi connectivity index (χ2n) is 5.11. The van der Waals surface area contributed by atoms with Crippen molar-refractivity contribution in [1.29, 1.82) is 0 Å². The Morgan fingerprint density at radius 3 is 2.96 bits per heavy atom. The molecular formula is C16H15FN4OS. The van der Waals surface area contributed by atoms with Gasteiger partial charge in [0.05, 0.1) is 17.6 Å². The third kappa shape index (κ3) is 4.07. The Hall–Kier alpha value is -2.41. The molecule has 5 nitrogen and oxygen atoms in total. The fourth-order valence-corrected chi connectivity index (χ4v) is 2.81. The van der Waals surface area contributed by atoms with Crippen molar-refractivity contribution in [3.8, 4) is 0 Å². The Morgan fingerprint density at radius 2 is 2.17 bits per heavy atom. The van der Waals surface area contributed by atoms with Crippen LogP contribution in [0.2, 0.25) is 0 Å². The van der Waals surface area contributed by atoms with E-state index in [0.717, 1.165) is 17.5 Å². The molecule has 0 bridgehead atoms. The largest absolute Gasteiger partial charge is 0.310 e. The normalized spacial score (nSPS) is 10.9. The summed E-state index contributed by atoms with van der Waals surface area (Å²) in [6, 6.07) is 6.68. The van der Waals surface area contributed by atoms with Gasteiger partial charge >= 0.3 is 0 Å². The number of halogens is 1. The number of nitrogens with zero attached hydrogens (tertiary/aromatic N) is 3. The first kappa shape index (κ1) is 15.5. The standard InChI is InChI=1S/C16H15FN4OS/c1-11-2-5-15-19-13(8-21(15)7-11)9-23-10-16(22)20-14-4-3-12(17)6-18-14/h2-8H,9-10H2,1H3,(H,18,20,22). The van der Waals surface area contributed by atoms with Gasteiger partial charge in [-0.25, -0.2) is 14.4 Å². The van der Waals surface area contributed by atoms with E-state index in [-0.39, 0.29) is 11.7 Å². The van der Waals surface area contributed by atoms with E-state index in [9.17, 15) is 9.18 Å². The summed E-state index contributed by atoms with van der Waals surface area (Å²) >= 11 is 1.47. The lowest BCUT2D eigenvalue weighted by Gasteiger charge is -2.03. The van der Waals surface area contributed by atoms with Crippen molar-refractivity contribution in [2.75, 3.05) is 11.1 Å². The molecule has 0 spiro atoms. The van der Waals surface area contributed by atoms with E-state index in [2.05, 4.69) is 15.3 Å². The summed E-state index contributed by atoms with van der Waals surface area (Å²) in [6.45, 7) is 2.03. The van der Waals surface area contributed by atoms with Gasteiger partial charge in [-0.15, -0.1) is 11.8 Å². The molecule has 0 aliphatic heterocycles. The summed E-state index contributed by atoms with van der Waals surface area (Å²) in [7, 11) is 0. The maximum atomic E-state index is 12.7. The van der Waals surface area contributed by atoms with Crippen LogP contribution in [0, 0.1) is 12.7 Å². The molecule has 7 heteroatoms. The molecule has 118 valence electrons. The average molecular weight is 330 g/mol. The van der Waals surface area contributed by atoms with Crippen LogP contribution in [0.3, 0.4) is 0 Å². The smallest absolute Gasteiger partial charge is 0.235 e. The first-order valence-electron chi connectivity index (χ1n) is 7.03. The number of imidazole rings is 1. The lowest BCUT2D eigenvalue weighted by atomic mass is 10.3. The first-order chi connectivity index (χ1) is 11.1. The molecule has 1 N–H and O–H groups in total. The predicted molar refractivity (Wildman–Crippen MR) is 88.9 cm³/mol. The van der Waals surface area contributed by atoms with Crippen LogP contribution >= 0.6 is 11.8 Å². The Labute approximate surface area is 137 Å². The third-order valence-corrected chi connectivity index (χ3v) is 4.09. The van der Waals surface area contributed by atoms with Crippen molar-refractivity contribution < 1.29 is 9.18 Å². The van der Waals surface area contributed by atoms with Crippen molar-refractivity contribution in [2.24, 2.45) is 0 Å². The lowest BCUT2D eigenvalue weighted by molar-refractivity contribution is -0.113. The van der Waals surface area contributed by atoms with Crippen LogP contribution in [0.25, 0.3) is 5.65 Å². The molecule has 0 saturated heterocycles. The van der Waals surface area contributed by atoms with Crippen LogP contribution in [0.1, 0.15) is 11.3 Å². The molecule has 23 heavy (non-hydrogen) atoms. The molecule has 0 fully saturated rings. The summed E-state index contributed by atoms with van der Waals surface area (Å²) in [6.07, 6.45) is 5.06. The third-order valence-electron chi connectivity index (χ3n) is 3.13. The number of pyridine rings is 2. The van der Waals surface area contributed by atoms with E-state index in [0.29, 0.717) is 11.6 Å². The number of aromatic nitrogens is 3. The number of nitrogens with one attached hydrogen (secondary N) is 1. The van der Waals surface area contributed by atoms with Gasteiger partial charge in [-0.2, -0.15) is 0 Å². The number of amides is 1. The van der Waals surface area contributed by atoms with Crippen molar-refractivity contribution in [3.05, 3.63) is 59.9 Å². The van der Waals surface area contributed by atoms with Crippen LogP contribution in [0.4, 0.5) is 10.2 Å². The molecule has 3 rings (SSSR count). The monoisotopic (exact) mass is 330 g/mol. The quantitative estimate of drug-likeness (QED) is 0.781. The van der Waals surface area contributed by atoms with Gasteiger partial charge in [0.15, 0.2) is 0 Å². The van der Waals surface area contributed by atoms with Crippen molar-refractivity contribution in [2.45, 2.75) is 12.7 Å². The minimum absolute atomic E-state index is 0.172. The molecule has 0 unspecified atom stereocenters. The number of fused-ring (bicyclic) bond motifs is 1. The van der Waals surface area contributed by atoms with Crippen molar-refractivity contribution in [3.63, 3.8) is 0 Å². The highest BCUT2D eigenvalue weighted by molar-refractivity contribution is 7.99. The fraction of sp³-hybridized carbons (Fsp3) is 0.188. The van der Waals surface area contributed by atoms with E-state index in [1.165, 1.54) is 29.5 Å². The molecule has 0 atom stereocenters. The Kier molecular flexibility index (Phi) is 4.57. The van der Waals surface area contributed by atoms with Crippen LogP contribution in [-0.2, 0) is 10.5 Å². The Morgan fingerprint density at radius 1 is 1.30 bits per heavy atom. The topological polar surface area (TPSA) is 59.3 Å². The summed E-state index contributed by atoms with van der Waals surface area (Å²) in [4.78, 5) is 20.1. The van der Waals surface area contributed by atoms with E-state index in [1.807, 2.05) is 35.9 Å². The van der Waals surface area contributed by atoms with Gasteiger partial charge < -0.3 is 9.72 Å². The predicted octanol–water partition coefficient (Wildman–Crippen LogP) is 3.05. The highest BCUT2D eigenvalue weighted by atomic mass is 32.2. The van der Waals surface area contributed by atoms with Gasteiger partial charge in [-0.3, -0.25) is 4.79 Å². The molecule has 3 aromatic heterocycles. The van der Waals surface area contributed by atoms with Gasteiger partial charge in [-0.05, 0) is 30.7 Å². The number of carbonyl (C=O) groups excluding carboxylic acids is 1. The zero-order chi connectivity index (χ0) is 16.2. The summed E-state index contributed by atoms with van der Waals surface area (Å²) in [5.74, 6) is 0.671. The second kappa shape index (κ2) is 6.78. The minimum Gasteiger partial charge on any atom is -0.310 e. The van der Waals surface area contributed by atoms with Gasteiger partial charge in [-0.1, -0.05) is 6.07 Å². The van der Waals surface area contributed by atoms with Crippen LogP contribution in [0.15, 0.2) is 42.9 Å². The maximum absolute atomic E-state index is 12.7. The molecule has 0 aromatic carbocycles. The molecule has 3 heterocycles. The zero-order valence-electron chi connectivity index (χ0n) is 12.5. The molecule has 3 aromatic rings. The first-order valence-corrected chi connectivity index (χ1v) is 8.19. The van der Waals surface area contributed by atoms with Crippen LogP contribution in [-0.4, -0.2) is 26.0 Å². The summed E-state index contributed by atoms with van der Waals surface area (Å²) < 4.78 is 14.7. The summed E-state index contributed by atoms with van der Waals surface area (Å²) in [5, 5.41) is 2.63. The fourth-order valence-electron chi connectivity index (χ4n) is 2.10. The number of hydrogen-bond acceptors (Lipinski definition) is 4. The van der Waals surface area contributed by atoms with E-state index >= 15 is 0 Å². The lowest BCUT2D eigenvalue weighted by Crippen LogP contribution is -2.15. The molecular weight excluding hydrogens is 315 g/mol. The van der Waals surface area contributed by atoms with E-state index in [4.69, 9.17) is 0 Å². The molecule has 0 aliphatic rings. The Bertz CT molecular complexity index is 832. The van der Waals surface area contributed by atoms with E-state index in [1.54, 1.807) is 0 Å². The highest BCUT2D eigenvalue weighted by Crippen LogP contribution is 2.14. The minimum atomic E-state index is -0.431. The molecule has 0 aliphatic carbocycles. The maximum Gasteiger partial charge on any atom is 0.235 e. The van der Waals surface area contributed by atoms with Gasteiger partial charge in [0.1, 0.15) is 17.3 Å². The summed E-state index contributed by atoms with van der Waals surface area (Å²) in [5.41, 5.74) is 2.99. The van der Waals surface area contributed by atoms with Crippen molar-refractivity contribution in [1.82, 2.24) is 14.4 Å². The number of anilines is 1. The number of hydrogen-bond donors (Lipinski definition) is 1. The number of thioether (sulfide) groups is 1. The number of carbonyl (C=O) groups is 1. The average Bonchev–Trinajstić information content (AvgIpc) is 2.91. The second-order valence-corrected chi connectivity index (χ2v) is 6.09. The van der Waals surface area contributed by atoms with E-state index < -0.39 is 5.82 Å². The highest BCUT2D eigenvalue weighted by Gasteiger charge is 2.06. The van der Waals surface area contributed by atoms with Crippen molar-refractivity contribution >= 4 is 29.1 Å².